The highest BCUT2D eigenvalue weighted by atomic mass is 16.2. The first-order chi connectivity index (χ1) is 11.1. The topological polar surface area (TPSA) is 48.5 Å². The maximum atomic E-state index is 12.3. The molecule has 3 rings (SSSR count). The van der Waals surface area contributed by atoms with E-state index in [1.54, 1.807) is 12.3 Å². The number of amides is 2. The fourth-order valence-electron chi connectivity index (χ4n) is 2.85. The molecular weight excluding hydrogens is 288 g/mol. The van der Waals surface area contributed by atoms with E-state index >= 15 is 0 Å². The molecule has 0 saturated carbocycles. The van der Waals surface area contributed by atoms with Crippen LogP contribution in [0.3, 0.4) is 0 Å². The van der Waals surface area contributed by atoms with Gasteiger partial charge in [-0.1, -0.05) is 18.2 Å². The number of anilines is 2. The highest BCUT2D eigenvalue weighted by Crippen LogP contribution is 2.23. The quantitative estimate of drug-likeness (QED) is 0.927. The summed E-state index contributed by atoms with van der Waals surface area (Å²) in [5.74, 6) is 0.592. The van der Waals surface area contributed by atoms with Gasteiger partial charge in [-0.15, -0.1) is 0 Å². The predicted octanol–water partition coefficient (Wildman–Crippen LogP) is 3.05. The molecule has 1 aromatic carbocycles. The van der Waals surface area contributed by atoms with Crippen LogP contribution in [0.4, 0.5) is 16.3 Å². The van der Waals surface area contributed by atoms with Crippen molar-refractivity contribution in [3.8, 4) is 0 Å². The minimum absolute atomic E-state index is 0.0793. The molecular formula is C18H22N4O. The average molecular weight is 310 g/mol. The Morgan fingerprint density at radius 2 is 1.83 bits per heavy atom. The molecule has 1 saturated heterocycles. The SMILES string of the molecule is Cc1cccc(N2CCN(C(=O)Nc3ccccn3)CC2)c1C. The largest absolute Gasteiger partial charge is 0.368 e. The van der Waals surface area contributed by atoms with Gasteiger partial charge in [0, 0.05) is 38.1 Å². The molecule has 0 bridgehead atoms. The molecule has 0 spiro atoms. The van der Waals surface area contributed by atoms with Crippen molar-refractivity contribution in [3.63, 3.8) is 0 Å². The highest BCUT2D eigenvalue weighted by molar-refractivity contribution is 5.88. The number of aromatic nitrogens is 1. The van der Waals surface area contributed by atoms with Crippen LogP contribution < -0.4 is 10.2 Å². The maximum absolute atomic E-state index is 12.3. The van der Waals surface area contributed by atoms with Crippen LogP contribution in [0.2, 0.25) is 0 Å². The van der Waals surface area contributed by atoms with Gasteiger partial charge >= 0.3 is 6.03 Å². The van der Waals surface area contributed by atoms with E-state index < -0.39 is 0 Å². The van der Waals surface area contributed by atoms with Crippen LogP contribution in [0.15, 0.2) is 42.6 Å². The number of rotatable bonds is 2. The number of pyridine rings is 1. The highest BCUT2D eigenvalue weighted by Gasteiger charge is 2.22. The van der Waals surface area contributed by atoms with Gasteiger partial charge in [-0.05, 0) is 43.2 Å². The lowest BCUT2D eigenvalue weighted by Crippen LogP contribution is -2.50. The second kappa shape index (κ2) is 6.69. The number of hydrogen-bond donors (Lipinski definition) is 1. The molecule has 23 heavy (non-hydrogen) atoms. The van der Waals surface area contributed by atoms with E-state index in [-0.39, 0.29) is 6.03 Å². The van der Waals surface area contributed by atoms with E-state index in [1.807, 2.05) is 17.0 Å². The van der Waals surface area contributed by atoms with E-state index in [2.05, 4.69) is 47.2 Å². The number of nitrogens with zero attached hydrogens (tertiary/aromatic N) is 3. The zero-order chi connectivity index (χ0) is 16.2. The van der Waals surface area contributed by atoms with E-state index in [0.29, 0.717) is 18.9 Å². The van der Waals surface area contributed by atoms with Crippen LogP contribution in [-0.2, 0) is 0 Å². The first-order valence-electron chi connectivity index (χ1n) is 7.93. The molecule has 2 aromatic rings. The van der Waals surface area contributed by atoms with Crippen LogP contribution in [-0.4, -0.2) is 42.1 Å². The number of aryl methyl sites for hydroxylation is 1. The van der Waals surface area contributed by atoms with Gasteiger partial charge in [0.2, 0.25) is 0 Å². The molecule has 1 aliphatic rings. The smallest absolute Gasteiger partial charge is 0.323 e. The summed E-state index contributed by atoms with van der Waals surface area (Å²) in [6, 6.07) is 11.8. The summed E-state index contributed by atoms with van der Waals surface area (Å²) < 4.78 is 0. The Labute approximate surface area is 136 Å². The van der Waals surface area contributed by atoms with Crippen molar-refractivity contribution in [3.05, 3.63) is 53.7 Å². The number of piperazine rings is 1. The molecule has 2 amide bonds. The summed E-state index contributed by atoms with van der Waals surface area (Å²) in [4.78, 5) is 20.6. The van der Waals surface area contributed by atoms with Gasteiger partial charge in [-0.25, -0.2) is 9.78 Å². The number of carbonyl (C=O) groups excluding carboxylic acids is 1. The zero-order valence-corrected chi connectivity index (χ0v) is 13.6. The van der Waals surface area contributed by atoms with Crippen LogP contribution in [0.25, 0.3) is 0 Å². The Hall–Kier alpha value is -2.56. The minimum Gasteiger partial charge on any atom is -0.368 e. The van der Waals surface area contributed by atoms with Gasteiger partial charge in [0.05, 0.1) is 0 Å². The number of urea groups is 1. The lowest BCUT2D eigenvalue weighted by atomic mass is 10.1. The summed E-state index contributed by atoms with van der Waals surface area (Å²) in [5.41, 5.74) is 3.89. The van der Waals surface area contributed by atoms with Gasteiger partial charge in [0.1, 0.15) is 5.82 Å². The van der Waals surface area contributed by atoms with Crippen LogP contribution in [0, 0.1) is 13.8 Å². The number of benzene rings is 1. The normalized spacial score (nSPS) is 14.7. The molecule has 0 radical (unpaired) electrons. The van der Waals surface area contributed by atoms with Crippen molar-refractivity contribution in [2.45, 2.75) is 13.8 Å². The molecule has 0 aliphatic carbocycles. The maximum Gasteiger partial charge on any atom is 0.323 e. The fraction of sp³-hybridized carbons (Fsp3) is 0.333. The molecule has 1 N–H and O–H groups in total. The molecule has 120 valence electrons. The first kappa shape index (κ1) is 15.3. The van der Waals surface area contributed by atoms with Gasteiger partial charge in [-0.2, -0.15) is 0 Å². The zero-order valence-electron chi connectivity index (χ0n) is 13.6. The van der Waals surface area contributed by atoms with Crippen LogP contribution in [0.1, 0.15) is 11.1 Å². The summed E-state index contributed by atoms with van der Waals surface area (Å²) in [6.45, 7) is 7.41. The van der Waals surface area contributed by atoms with Crippen molar-refractivity contribution >= 4 is 17.5 Å². The Bertz CT molecular complexity index is 679. The Morgan fingerprint density at radius 1 is 1.04 bits per heavy atom. The van der Waals surface area contributed by atoms with Crippen molar-refractivity contribution < 1.29 is 4.79 Å². The molecule has 1 aliphatic heterocycles. The Balaban J connectivity index is 1.60. The van der Waals surface area contributed by atoms with E-state index in [0.717, 1.165) is 13.1 Å². The van der Waals surface area contributed by atoms with Crippen molar-refractivity contribution in [1.29, 1.82) is 0 Å². The van der Waals surface area contributed by atoms with Crippen molar-refractivity contribution in [1.82, 2.24) is 9.88 Å². The molecule has 1 fully saturated rings. The van der Waals surface area contributed by atoms with E-state index in [1.165, 1.54) is 16.8 Å². The third-order valence-electron chi connectivity index (χ3n) is 4.38. The van der Waals surface area contributed by atoms with Crippen molar-refractivity contribution in [2.24, 2.45) is 0 Å². The lowest BCUT2D eigenvalue weighted by molar-refractivity contribution is 0.208. The summed E-state index contributed by atoms with van der Waals surface area (Å²) in [6.07, 6.45) is 1.67. The number of nitrogens with one attached hydrogen (secondary N) is 1. The standard InChI is InChI=1S/C18H22N4O/c1-14-6-5-7-16(15(14)2)21-10-12-22(13-11-21)18(23)20-17-8-3-4-9-19-17/h3-9H,10-13H2,1-2H3,(H,19,20,23). The summed E-state index contributed by atoms with van der Waals surface area (Å²) in [5, 5.41) is 2.84. The number of hydrogen-bond acceptors (Lipinski definition) is 3. The Kier molecular flexibility index (Phi) is 4.46. The third kappa shape index (κ3) is 3.44. The van der Waals surface area contributed by atoms with Gasteiger partial charge in [0.15, 0.2) is 0 Å². The molecule has 0 unspecified atom stereocenters. The second-order valence-electron chi connectivity index (χ2n) is 5.84. The van der Waals surface area contributed by atoms with E-state index in [4.69, 9.17) is 0 Å². The molecule has 5 nitrogen and oxygen atoms in total. The summed E-state index contributed by atoms with van der Waals surface area (Å²) >= 11 is 0. The molecule has 0 atom stereocenters. The van der Waals surface area contributed by atoms with Gasteiger partial charge in [0.25, 0.3) is 0 Å². The van der Waals surface area contributed by atoms with E-state index in [9.17, 15) is 4.79 Å². The van der Waals surface area contributed by atoms with Crippen LogP contribution in [0.5, 0.6) is 0 Å². The second-order valence-corrected chi connectivity index (χ2v) is 5.84. The molecule has 1 aromatic heterocycles. The fourth-order valence-corrected chi connectivity index (χ4v) is 2.85. The minimum atomic E-state index is -0.0793. The molecule has 5 heteroatoms. The lowest BCUT2D eigenvalue weighted by Gasteiger charge is -2.36. The average Bonchev–Trinajstić information content (AvgIpc) is 2.58. The predicted molar refractivity (Wildman–Crippen MR) is 93.0 cm³/mol. The monoisotopic (exact) mass is 310 g/mol. The number of carbonyl (C=O) groups is 1. The Morgan fingerprint density at radius 3 is 2.52 bits per heavy atom. The first-order valence-corrected chi connectivity index (χ1v) is 7.93. The van der Waals surface area contributed by atoms with Gasteiger partial charge < -0.3 is 9.80 Å². The van der Waals surface area contributed by atoms with Gasteiger partial charge in [-0.3, -0.25) is 5.32 Å². The van der Waals surface area contributed by atoms with Crippen molar-refractivity contribution in [2.75, 3.05) is 36.4 Å². The molecule has 2 heterocycles. The third-order valence-corrected chi connectivity index (χ3v) is 4.38. The van der Waals surface area contributed by atoms with Crippen LogP contribution >= 0.6 is 0 Å². The summed E-state index contributed by atoms with van der Waals surface area (Å²) in [7, 11) is 0.